The fraction of sp³-hybridized carbons (Fsp3) is 0.812. The van der Waals surface area contributed by atoms with Crippen LogP contribution in [0.4, 0.5) is 4.79 Å². The van der Waals surface area contributed by atoms with E-state index >= 15 is 0 Å². The molecule has 1 spiro atoms. The van der Waals surface area contributed by atoms with Gasteiger partial charge in [0.1, 0.15) is 12.1 Å². The quantitative estimate of drug-likeness (QED) is 0.760. The molecule has 0 radical (unpaired) electrons. The summed E-state index contributed by atoms with van der Waals surface area (Å²) in [5.41, 5.74) is -0.787. The molecule has 6 nitrogen and oxygen atoms in total. The monoisotopic (exact) mass is 309 g/mol. The molecule has 1 aliphatic carbocycles. The van der Waals surface area contributed by atoms with Crippen LogP contribution in [0.2, 0.25) is 0 Å². The lowest BCUT2D eigenvalue weighted by molar-refractivity contribution is -0.137. The second kappa shape index (κ2) is 6.67. The maximum Gasteiger partial charge on any atom is 0.325 e. The molecule has 2 N–H and O–H groups in total. The normalized spacial score (nSPS) is 28.4. The summed E-state index contributed by atoms with van der Waals surface area (Å²) in [6, 6.07) is -0.339. The molecule has 0 bridgehead atoms. The first-order valence-corrected chi connectivity index (χ1v) is 8.38. The van der Waals surface area contributed by atoms with Gasteiger partial charge in [-0.1, -0.05) is 33.6 Å². The number of nitrogens with zero attached hydrogens (tertiary/aromatic N) is 1. The van der Waals surface area contributed by atoms with Gasteiger partial charge in [-0.25, -0.2) is 4.79 Å². The summed E-state index contributed by atoms with van der Waals surface area (Å²) in [6.45, 7) is 5.82. The van der Waals surface area contributed by atoms with E-state index in [4.69, 9.17) is 0 Å². The second-order valence-electron chi connectivity index (χ2n) is 6.52. The molecular formula is C16H27N3O3. The number of rotatable bonds is 5. The van der Waals surface area contributed by atoms with Crippen molar-refractivity contribution in [2.45, 2.75) is 70.9 Å². The lowest BCUT2D eigenvalue weighted by Crippen LogP contribution is -2.54. The maximum atomic E-state index is 12.7. The van der Waals surface area contributed by atoms with Crippen LogP contribution in [-0.2, 0) is 9.59 Å². The minimum Gasteiger partial charge on any atom is -0.352 e. The zero-order valence-corrected chi connectivity index (χ0v) is 13.8. The third kappa shape index (κ3) is 2.96. The average molecular weight is 309 g/mol. The molecule has 1 aliphatic heterocycles. The zero-order valence-electron chi connectivity index (χ0n) is 13.8. The third-order valence-corrected chi connectivity index (χ3v) is 5.15. The SMILES string of the molecule is CCC(CC)NC(=O)CN1C(=O)N[C@]2(CCCC[C@H]2C)C1=O. The number of nitrogens with one attached hydrogen (secondary N) is 2. The van der Waals surface area contributed by atoms with Crippen LogP contribution < -0.4 is 10.6 Å². The molecule has 6 heteroatoms. The van der Waals surface area contributed by atoms with E-state index in [1.807, 2.05) is 20.8 Å². The summed E-state index contributed by atoms with van der Waals surface area (Å²) < 4.78 is 0. The van der Waals surface area contributed by atoms with Crippen LogP contribution >= 0.6 is 0 Å². The molecule has 2 rings (SSSR count). The topological polar surface area (TPSA) is 78.5 Å². The van der Waals surface area contributed by atoms with Crippen molar-refractivity contribution in [2.24, 2.45) is 5.92 Å². The van der Waals surface area contributed by atoms with Crippen LogP contribution in [0.3, 0.4) is 0 Å². The van der Waals surface area contributed by atoms with Crippen molar-refractivity contribution >= 4 is 17.8 Å². The lowest BCUT2D eigenvalue weighted by atomic mass is 9.73. The van der Waals surface area contributed by atoms with Gasteiger partial charge in [-0.3, -0.25) is 14.5 Å². The van der Waals surface area contributed by atoms with Crippen LogP contribution in [0.5, 0.6) is 0 Å². The van der Waals surface area contributed by atoms with Gasteiger partial charge in [0.15, 0.2) is 0 Å². The highest BCUT2D eigenvalue weighted by molar-refractivity contribution is 6.09. The predicted molar refractivity (Wildman–Crippen MR) is 83.1 cm³/mol. The maximum absolute atomic E-state index is 12.7. The summed E-state index contributed by atoms with van der Waals surface area (Å²) in [5, 5.41) is 5.74. The fourth-order valence-corrected chi connectivity index (χ4v) is 3.55. The van der Waals surface area contributed by atoms with Gasteiger partial charge in [-0.2, -0.15) is 0 Å². The molecule has 0 aromatic carbocycles. The highest BCUT2D eigenvalue weighted by atomic mass is 16.2. The van der Waals surface area contributed by atoms with E-state index in [1.54, 1.807) is 0 Å². The van der Waals surface area contributed by atoms with E-state index in [2.05, 4.69) is 10.6 Å². The van der Waals surface area contributed by atoms with Crippen molar-refractivity contribution in [2.75, 3.05) is 6.54 Å². The molecule has 2 atom stereocenters. The smallest absolute Gasteiger partial charge is 0.325 e. The van der Waals surface area contributed by atoms with E-state index < -0.39 is 11.6 Å². The summed E-state index contributed by atoms with van der Waals surface area (Å²) in [5.74, 6) is -0.382. The molecule has 0 aromatic rings. The van der Waals surface area contributed by atoms with Gasteiger partial charge in [0.25, 0.3) is 5.91 Å². The summed E-state index contributed by atoms with van der Waals surface area (Å²) in [4.78, 5) is 38.1. The Labute approximate surface area is 132 Å². The Morgan fingerprint density at radius 2 is 2.05 bits per heavy atom. The lowest BCUT2D eigenvalue weighted by Gasteiger charge is -2.36. The summed E-state index contributed by atoms with van der Waals surface area (Å²) >= 11 is 0. The molecule has 1 saturated heterocycles. The Kier molecular flexibility index (Phi) is 5.08. The summed E-state index contributed by atoms with van der Waals surface area (Å²) in [6.07, 6.45) is 5.29. The standard InChI is InChI=1S/C16H27N3O3/c1-4-12(5-2)17-13(20)10-19-14(21)16(18-15(19)22)9-7-6-8-11(16)3/h11-12H,4-10H2,1-3H3,(H,17,20)(H,18,22)/t11-,16+/m1/s1. The van der Waals surface area contributed by atoms with E-state index in [0.717, 1.165) is 37.0 Å². The van der Waals surface area contributed by atoms with Crippen LogP contribution in [0.25, 0.3) is 0 Å². The first-order chi connectivity index (χ1) is 10.4. The van der Waals surface area contributed by atoms with Crippen LogP contribution in [0.15, 0.2) is 0 Å². The van der Waals surface area contributed by atoms with Crippen LogP contribution in [0.1, 0.15) is 59.3 Å². The van der Waals surface area contributed by atoms with E-state index in [1.165, 1.54) is 0 Å². The van der Waals surface area contributed by atoms with Gasteiger partial charge in [-0.05, 0) is 31.6 Å². The minimum atomic E-state index is -0.787. The molecule has 22 heavy (non-hydrogen) atoms. The van der Waals surface area contributed by atoms with Crippen LogP contribution in [0, 0.1) is 5.92 Å². The van der Waals surface area contributed by atoms with Crippen molar-refractivity contribution in [3.63, 3.8) is 0 Å². The van der Waals surface area contributed by atoms with Gasteiger partial charge < -0.3 is 10.6 Å². The molecule has 4 amide bonds. The second-order valence-corrected chi connectivity index (χ2v) is 6.52. The molecule has 0 aromatic heterocycles. The molecule has 2 fully saturated rings. The largest absolute Gasteiger partial charge is 0.352 e. The van der Waals surface area contributed by atoms with Crippen molar-refractivity contribution in [1.29, 1.82) is 0 Å². The first kappa shape index (κ1) is 16.8. The van der Waals surface area contributed by atoms with Gasteiger partial charge in [0.05, 0.1) is 0 Å². The number of hydrogen-bond acceptors (Lipinski definition) is 3. The third-order valence-electron chi connectivity index (χ3n) is 5.15. The molecule has 2 aliphatic rings. The van der Waals surface area contributed by atoms with Crippen molar-refractivity contribution in [1.82, 2.24) is 15.5 Å². The van der Waals surface area contributed by atoms with Crippen molar-refractivity contribution in [3.8, 4) is 0 Å². The van der Waals surface area contributed by atoms with Gasteiger partial charge in [0.2, 0.25) is 5.91 Å². The summed E-state index contributed by atoms with van der Waals surface area (Å²) in [7, 11) is 0. The number of amides is 4. The van der Waals surface area contributed by atoms with Crippen molar-refractivity contribution in [3.05, 3.63) is 0 Å². The predicted octanol–water partition coefficient (Wildman–Crippen LogP) is 1.79. The number of hydrogen-bond donors (Lipinski definition) is 2. The van der Waals surface area contributed by atoms with Gasteiger partial charge >= 0.3 is 6.03 Å². The molecular weight excluding hydrogens is 282 g/mol. The molecule has 1 saturated carbocycles. The number of urea groups is 1. The Morgan fingerprint density at radius 3 is 2.64 bits per heavy atom. The Hall–Kier alpha value is -1.59. The number of carbonyl (C=O) groups excluding carboxylic acids is 3. The van der Waals surface area contributed by atoms with Crippen LogP contribution in [-0.4, -0.2) is 40.9 Å². The van der Waals surface area contributed by atoms with Crippen molar-refractivity contribution < 1.29 is 14.4 Å². The van der Waals surface area contributed by atoms with Gasteiger partial charge in [0, 0.05) is 6.04 Å². The Morgan fingerprint density at radius 1 is 1.36 bits per heavy atom. The van der Waals surface area contributed by atoms with E-state index in [9.17, 15) is 14.4 Å². The van der Waals surface area contributed by atoms with E-state index in [-0.39, 0.29) is 30.3 Å². The fourth-order valence-electron chi connectivity index (χ4n) is 3.55. The average Bonchev–Trinajstić information content (AvgIpc) is 2.73. The minimum absolute atomic E-state index is 0.0934. The first-order valence-electron chi connectivity index (χ1n) is 8.38. The van der Waals surface area contributed by atoms with E-state index in [0.29, 0.717) is 6.42 Å². The Bertz CT molecular complexity index is 462. The van der Waals surface area contributed by atoms with Gasteiger partial charge in [-0.15, -0.1) is 0 Å². The highest BCUT2D eigenvalue weighted by Crippen LogP contribution is 2.38. The number of imide groups is 1. The Balaban J connectivity index is 2.04. The molecule has 1 heterocycles. The molecule has 0 unspecified atom stereocenters. The number of carbonyl (C=O) groups is 3. The molecule has 124 valence electrons. The highest BCUT2D eigenvalue weighted by Gasteiger charge is 2.55. The zero-order chi connectivity index (χ0) is 16.3.